The number of nitriles is 1. The molecule has 0 aliphatic rings. The van der Waals surface area contributed by atoms with E-state index in [9.17, 15) is 0 Å². The molecule has 13 heavy (non-hydrogen) atoms. The molecule has 3 nitrogen and oxygen atoms in total. The first-order valence-corrected chi connectivity index (χ1v) is 3.97. The first-order valence-electron chi connectivity index (χ1n) is 3.97. The minimum Gasteiger partial charge on any atom is -0.380 e. The maximum absolute atomic E-state index is 8.50. The summed E-state index contributed by atoms with van der Waals surface area (Å²) >= 11 is 0. The summed E-state index contributed by atoms with van der Waals surface area (Å²) in [6, 6.07) is 5.47. The van der Waals surface area contributed by atoms with Gasteiger partial charge in [-0.05, 0) is 19.1 Å². The van der Waals surface area contributed by atoms with Gasteiger partial charge in [-0.1, -0.05) is 12.2 Å². The average molecular weight is 173 g/mol. The van der Waals surface area contributed by atoms with Crippen LogP contribution < -0.4 is 5.32 Å². The fourth-order valence-corrected chi connectivity index (χ4v) is 0.818. The summed E-state index contributed by atoms with van der Waals surface area (Å²) < 4.78 is 0. The molecule has 1 aromatic rings. The van der Waals surface area contributed by atoms with Crippen LogP contribution in [0.25, 0.3) is 0 Å². The first kappa shape index (κ1) is 9.27. The van der Waals surface area contributed by atoms with E-state index < -0.39 is 0 Å². The lowest BCUT2D eigenvalue weighted by atomic mass is 10.3. The Kier molecular flexibility index (Phi) is 3.04. The lowest BCUT2D eigenvalue weighted by molar-refractivity contribution is 1.19. The summed E-state index contributed by atoms with van der Waals surface area (Å²) in [6.45, 7) is 6.45. The van der Waals surface area contributed by atoms with E-state index >= 15 is 0 Å². The van der Waals surface area contributed by atoms with E-state index in [0.29, 0.717) is 5.69 Å². The molecule has 0 bridgehead atoms. The van der Waals surface area contributed by atoms with Gasteiger partial charge >= 0.3 is 0 Å². The highest BCUT2D eigenvalue weighted by molar-refractivity contribution is 5.43. The molecule has 0 atom stereocenters. The highest BCUT2D eigenvalue weighted by Gasteiger charge is 1.93. The van der Waals surface area contributed by atoms with E-state index in [1.807, 2.05) is 19.1 Å². The van der Waals surface area contributed by atoms with Crippen molar-refractivity contribution >= 4 is 5.69 Å². The molecule has 0 fully saturated rings. The molecule has 0 unspecified atom stereocenters. The molecule has 3 heteroatoms. The largest absolute Gasteiger partial charge is 0.380 e. The van der Waals surface area contributed by atoms with Crippen LogP contribution in [0.4, 0.5) is 5.69 Å². The van der Waals surface area contributed by atoms with Crippen molar-refractivity contribution in [2.75, 3.05) is 11.9 Å². The lowest BCUT2D eigenvalue weighted by Crippen LogP contribution is -2.02. The number of rotatable bonds is 3. The van der Waals surface area contributed by atoms with Gasteiger partial charge in [0.15, 0.2) is 0 Å². The zero-order valence-electron chi connectivity index (χ0n) is 7.54. The van der Waals surface area contributed by atoms with Gasteiger partial charge in [-0.3, -0.25) is 0 Å². The molecule has 0 radical (unpaired) electrons. The van der Waals surface area contributed by atoms with Crippen molar-refractivity contribution in [2.45, 2.75) is 6.92 Å². The molecule has 1 heterocycles. The van der Waals surface area contributed by atoms with E-state index in [2.05, 4.69) is 16.9 Å². The second-order valence-corrected chi connectivity index (χ2v) is 2.85. The molecule has 0 aliphatic heterocycles. The second-order valence-electron chi connectivity index (χ2n) is 2.85. The summed E-state index contributed by atoms with van der Waals surface area (Å²) in [6.07, 6.45) is 1.64. The number of pyridine rings is 1. The van der Waals surface area contributed by atoms with Gasteiger partial charge < -0.3 is 5.32 Å². The van der Waals surface area contributed by atoms with Gasteiger partial charge in [0.25, 0.3) is 0 Å². The average Bonchev–Trinajstić information content (AvgIpc) is 2.15. The monoisotopic (exact) mass is 173 g/mol. The van der Waals surface area contributed by atoms with Gasteiger partial charge in [0.1, 0.15) is 11.8 Å². The fraction of sp³-hybridized carbons (Fsp3) is 0.200. The molecule has 0 aliphatic carbocycles. The third kappa shape index (κ3) is 2.96. The van der Waals surface area contributed by atoms with E-state index in [0.717, 1.165) is 17.8 Å². The summed E-state index contributed by atoms with van der Waals surface area (Å²) in [7, 11) is 0. The topological polar surface area (TPSA) is 48.7 Å². The summed E-state index contributed by atoms with van der Waals surface area (Å²) in [5.74, 6) is 0. The maximum atomic E-state index is 8.50. The Bertz CT molecular complexity index is 332. The van der Waals surface area contributed by atoms with Gasteiger partial charge in [-0.15, -0.1) is 0 Å². The maximum Gasteiger partial charge on any atom is 0.140 e. The quantitative estimate of drug-likeness (QED) is 0.710. The zero-order valence-corrected chi connectivity index (χ0v) is 7.54. The molecule has 0 amide bonds. The Balaban J connectivity index is 2.60. The van der Waals surface area contributed by atoms with E-state index in [1.54, 1.807) is 12.3 Å². The molecule has 1 N–H and O–H groups in total. The standard InChI is InChI=1S/C10H11N3/c1-8(2)6-12-10-4-3-9(5-11)13-7-10/h3-4,7,12H,1,6H2,2H3. The molecular weight excluding hydrogens is 162 g/mol. The van der Waals surface area contributed by atoms with Crippen molar-refractivity contribution in [1.82, 2.24) is 4.98 Å². The Hall–Kier alpha value is -1.82. The minimum atomic E-state index is 0.431. The highest BCUT2D eigenvalue weighted by Crippen LogP contribution is 2.05. The van der Waals surface area contributed by atoms with Crippen LogP contribution in [0.15, 0.2) is 30.5 Å². The van der Waals surface area contributed by atoms with Crippen molar-refractivity contribution < 1.29 is 0 Å². The van der Waals surface area contributed by atoms with E-state index in [4.69, 9.17) is 5.26 Å². The molecule has 66 valence electrons. The lowest BCUT2D eigenvalue weighted by Gasteiger charge is -2.04. The van der Waals surface area contributed by atoms with Gasteiger partial charge in [-0.2, -0.15) is 5.26 Å². The van der Waals surface area contributed by atoms with Crippen LogP contribution in [0.5, 0.6) is 0 Å². The van der Waals surface area contributed by atoms with Crippen molar-refractivity contribution in [3.63, 3.8) is 0 Å². The normalized spacial score (nSPS) is 8.92. The van der Waals surface area contributed by atoms with Crippen LogP contribution in [-0.2, 0) is 0 Å². The number of nitrogens with one attached hydrogen (secondary N) is 1. The number of nitrogens with zero attached hydrogens (tertiary/aromatic N) is 2. The van der Waals surface area contributed by atoms with E-state index in [1.165, 1.54) is 0 Å². The van der Waals surface area contributed by atoms with Gasteiger partial charge in [0.05, 0.1) is 11.9 Å². The van der Waals surface area contributed by atoms with Crippen LogP contribution in [0, 0.1) is 11.3 Å². The smallest absolute Gasteiger partial charge is 0.140 e. The molecule has 0 saturated carbocycles. The molecule has 1 aromatic heterocycles. The minimum absolute atomic E-state index is 0.431. The highest BCUT2D eigenvalue weighted by atomic mass is 14.9. The fourth-order valence-electron chi connectivity index (χ4n) is 0.818. The van der Waals surface area contributed by atoms with Crippen LogP contribution >= 0.6 is 0 Å². The van der Waals surface area contributed by atoms with Gasteiger partial charge in [0, 0.05) is 6.54 Å². The van der Waals surface area contributed by atoms with Crippen molar-refractivity contribution in [2.24, 2.45) is 0 Å². The third-order valence-electron chi connectivity index (χ3n) is 1.47. The van der Waals surface area contributed by atoms with Gasteiger partial charge in [0.2, 0.25) is 0 Å². The summed E-state index contributed by atoms with van der Waals surface area (Å²) in [5, 5.41) is 11.6. The first-order chi connectivity index (χ1) is 6.22. The number of aromatic nitrogens is 1. The summed E-state index contributed by atoms with van der Waals surface area (Å²) in [5.41, 5.74) is 2.40. The number of hydrogen-bond donors (Lipinski definition) is 1. The molecule has 0 aromatic carbocycles. The van der Waals surface area contributed by atoms with Crippen LogP contribution in [0.3, 0.4) is 0 Å². The van der Waals surface area contributed by atoms with Crippen LogP contribution in [-0.4, -0.2) is 11.5 Å². The molecular formula is C10H11N3. The predicted octanol–water partition coefficient (Wildman–Crippen LogP) is 1.94. The van der Waals surface area contributed by atoms with Crippen molar-refractivity contribution in [1.29, 1.82) is 5.26 Å². The Labute approximate surface area is 77.7 Å². The van der Waals surface area contributed by atoms with E-state index in [-0.39, 0.29) is 0 Å². The molecule has 0 spiro atoms. The predicted molar refractivity (Wildman–Crippen MR) is 52.3 cm³/mol. The van der Waals surface area contributed by atoms with Crippen molar-refractivity contribution in [3.05, 3.63) is 36.2 Å². The second kappa shape index (κ2) is 4.27. The SMILES string of the molecule is C=C(C)CNc1ccc(C#N)nc1. The Morgan fingerprint density at radius 3 is 2.92 bits per heavy atom. The number of anilines is 1. The van der Waals surface area contributed by atoms with Crippen LogP contribution in [0.1, 0.15) is 12.6 Å². The Morgan fingerprint density at radius 2 is 2.46 bits per heavy atom. The van der Waals surface area contributed by atoms with Gasteiger partial charge in [-0.25, -0.2) is 4.98 Å². The summed E-state index contributed by atoms with van der Waals surface area (Å²) in [4.78, 5) is 3.92. The molecule has 1 rings (SSSR count). The zero-order chi connectivity index (χ0) is 9.68. The number of hydrogen-bond acceptors (Lipinski definition) is 3. The third-order valence-corrected chi connectivity index (χ3v) is 1.47. The van der Waals surface area contributed by atoms with Crippen molar-refractivity contribution in [3.8, 4) is 6.07 Å². The van der Waals surface area contributed by atoms with Crippen LogP contribution in [0.2, 0.25) is 0 Å². The Morgan fingerprint density at radius 1 is 1.69 bits per heavy atom. The molecule has 0 saturated heterocycles.